The van der Waals surface area contributed by atoms with Gasteiger partial charge in [0.2, 0.25) is 0 Å². The van der Waals surface area contributed by atoms with Crippen molar-refractivity contribution in [2.75, 3.05) is 36.4 Å². The Bertz CT molecular complexity index is 1030. The largest absolute Gasteiger partial charge is 0.354 e. The van der Waals surface area contributed by atoms with Crippen LogP contribution in [0.3, 0.4) is 0 Å². The summed E-state index contributed by atoms with van der Waals surface area (Å²) in [6.45, 7) is 8.39. The second kappa shape index (κ2) is 7.60. The van der Waals surface area contributed by atoms with Crippen molar-refractivity contribution in [1.82, 2.24) is 9.88 Å². The lowest BCUT2D eigenvalue weighted by Crippen LogP contribution is -2.46. The summed E-state index contributed by atoms with van der Waals surface area (Å²) >= 11 is 0. The number of piperazine rings is 1. The maximum absolute atomic E-state index is 15.0. The van der Waals surface area contributed by atoms with Gasteiger partial charge in [-0.1, -0.05) is 6.58 Å². The summed E-state index contributed by atoms with van der Waals surface area (Å²) in [6, 6.07) is 6.87. The Morgan fingerprint density at radius 1 is 1.24 bits per heavy atom. The van der Waals surface area contributed by atoms with Gasteiger partial charge in [-0.3, -0.25) is 4.90 Å². The number of halogens is 2. The molecule has 1 saturated heterocycles. The number of allylic oxidation sites excluding steroid dienone is 1. The molecule has 29 heavy (non-hydrogen) atoms. The summed E-state index contributed by atoms with van der Waals surface area (Å²) in [7, 11) is 0. The number of aliphatic imine (C=N–C) groups is 1. The van der Waals surface area contributed by atoms with E-state index in [1.54, 1.807) is 19.2 Å². The molecule has 4 rings (SSSR count). The molecule has 0 aliphatic carbocycles. The topological polar surface area (TPSA) is 67.5 Å². The molecule has 0 unspecified atom stereocenters. The van der Waals surface area contributed by atoms with E-state index in [2.05, 4.69) is 26.8 Å². The summed E-state index contributed by atoms with van der Waals surface area (Å²) < 4.78 is 29.6. The molecule has 0 atom stereocenters. The number of nitrogens with zero attached hydrogens (tertiary/aromatic N) is 5. The van der Waals surface area contributed by atoms with Crippen molar-refractivity contribution in [1.29, 1.82) is 5.26 Å². The van der Waals surface area contributed by atoms with Crippen molar-refractivity contribution in [2.24, 2.45) is 4.99 Å². The summed E-state index contributed by atoms with van der Waals surface area (Å²) in [5.41, 5.74) is 2.10. The van der Waals surface area contributed by atoms with Crippen molar-refractivity contribution in [2.45, 2.75) is 13.5 Å². The molecule has 6 nitrogen and oxygen atoms in total. The maximum atomic E-state index is 15.0. The van der Waals surface area contributed by atoms with Crippen LogP contribution < -0.4 is 10.2 Å². The Balaban J connectivity index is 1.46. The number of nitriles is 1. The third-order valence-electron chi connectivity index (χ3n) is 5.25. The molecule has 2 aromatic rings. The van der Waals surface area contributed by atoms with Crippen LogP contribution in [-0.4, -0.2) is 41.8 Å². The average Bonchev–Trinajstić information content (AvgIpc) is 2.73. The minimum atomic E-state index is -0.617. The van der Waals surface area contributed by atoms with Crippen LogP contribution >= 0.6 is 0 Å². The monoisotopic (exact) mass is 394 g/mol. The second-order valence-electron chi connectivity index (χ2n) is 7.13. The molecule has 1 N–H and O–H groups in total. The zero-order chi connectivity index (χ0) is 20.5. The lowest BCUT2D eigenvalue weighted by molar-refractivity contribution is 0.242. The summed E-state index contributed by atoms with van der Waals surface area (Å²) in [5.74, 6) is -0.414. The molecule has 1 aromatic carbocycles. The molecule has 1 aromatic heterocycles. The van der Waals surface area contributed by atoms with Gasteiger partial charge >= 0.3 is 0 Å². The molecule has 2 aliphatic rings. The fourth-order valence-electron chi connectivity index (χ4n) is 3.49. The average molecular weight is 394 g/mol. The molecule has 0 spiro atoms. The fraction of sp³-hybridized carbons (Fsp3) is 0.286. The Morgan fingerprint density at radius 2 is 2.00 bits per heavy atom. The number of rotatable bonds is 3. The lowest BCUT2D eigenvalue weighted by atomic mass is 10.1. The van der Waals surface area contributed by atoms with Gasteiger partial charge in [0.25, 0.3) is 0 Å². The SMILES string of the molecule is C=C1Nc2c(cc(F)c(CN3CCN(c4ccc(C#N)cn4)CC3)c2F)N=C1C. The van der Waals surface area contributed by atoms with E-state index in [1.165, 1.54) is 6.07 Å². The van der Waals surface area contributed by atoms with Crippen molar-refractivity contribution in [3.05, 3.63) is 59.4 Å². The Hall–Kier alpha value is -3.31. The van der Waals surface area contributed by atoms with Gasteiger partial charge in [-0.2, -0.15) is 5.26 Å². The molecule has 2 aliphatic heterocycles. The number of hydrogen-bond donors (Lipinski definition) is 1. The molecular weight excluding hydrogens is 374 g/mol. The number of fused-ring (bicyclic) bond motifs is 1. The summed E-state index contributed by atoms with van der Waals surface area (Å²) in [4.78, 5) is 12.6. The van der Waals surface area contributed by atoms with E-state index in [0.717, 1.165) is 5.82 Å². The molecule has 8 heteroatoms. The fourth-order valence-corrected chi connectivity index (χ4v) is 3.49. The zero-order valence-electron chi connectivity index (χ0n) is 16.0. The summed E-state index contributed by atoms with van der Waals surface area (Å²) in [5, 5.41) is 11.8. The van der Waals surface area contributed by atoms with E-state index in [0.29, 0.717) is 43.2 Å². The van der Waals surface area contributed by atoms with E-state index in [4.69, 9.17) is 5.26 Å². The van der Waals surface area contributed by atoms with E-state index in [9.17, 15) is 8.78 Å². The first-order valence-corrected chi connectivity index (χ1v) is 9.32. The van der Waals surface area contributed by atoms with Crippen molar-refractivity contribution >= 4 is 22.9 Å². The van der Waals surface area contributed by atoms with Crippen LogP contribution in [0, 0.1) is 23.0 Å². The number of anilines is 2. The van der Waals surface area contributed by atoms with Gasteiger partial charge < -0.3 is 10.2 Å². The van der Waals surface area contributed by atoms with Gasteiger partial charge in [-0.15, -0.1) is 0 Å². The van der Waals surface area contributed by atoms with E-state index in [-0.39, 0.29) is 23.5 Å². The number of nitrogens with one attached hydrogen (secondary N) is 1. The smallest absolute Gasteiger partial charge is 0.156 e. The quantitative estimate of drug-likeness (QED) is 0.862. The third-order valence-corrected chi connectivity index (χ3v) is 5.25. The molecule has 0 radical (unpaired) electrons. The van der Waals surface area contributed by atoms with Crippen LogP contribution in [0.4, 0.5) is 26.0 Å². The van der Waals surface area contributed by atoms with E-state index < -0.39 is 11.6 Å². The predicted molar refractivity (Wildman–Crippen MR) is 108 cm³/mol. The van der Waals surface area contributed by atoms with E-state index >= 15 is 0 Å². The van der Waals surface area contributed by atoms with Crippen molar-refractivity contribution in [3.63, 3.8) is 0 Å². The normalized spacial score (nSPS) is 16.7. The highest BCUT2D eigenvalue weighted by Crippen LogP contribution is 2.37. The predicted octanol–water partition coefficient (Wildman–Crippen LogP) is 3.59. The maximum Gasteiger partial charge on any atom is 0.156 e. The van der Waals surface area contributed by atoms with Gasteiger partial charge in [0.15, 0.2) is 5.82 Å². The first-order valence-electron chi connectivity index (χ1n) is 9.32. The van der Waals surface area contributed by atoms with Gasteiger partial charge in [0, 0.05) is 50.6 Å². The third kappa shape index (κ3) is 3.69. The molecule has 1 fully saturated rings. The van der Waals surface area contributed by atoms with E-state index in [1.807, 2.05) is 17.0 Å². The van der Waals surface area contributed by atoms with Crippen LogP contribution in [0.25, 0.3) is 0 Å². The molecule has 0 bridgehead atoms. The standard InChI is InChI=1S/C21H20F2N6/c1-13-14(2)27-21-18(26-13)9-17(22)16(20(21)23)12-28-5-7-29(8-6-28)19-4-3-15(10-24)11-25-19/h3-4,9,11,27H,2,5-8,12H2,1H3. The Kier molecular flexibility index (Phi) is 4.99. The Labute approximate surface area is 167 Å². The second-order valence-corrected chi connectivity index (χ2v) is 7.13. The number of benzene rings is 1. The van der Waals surface area contributed by atoms with Crippen LogP contribution in [-0.2, 0) is 6.54 Å². The van der Waals surface area contributed by atoms with Crippen molar-refractivity contribution in [3.8, 4) is 6.07 Å². The van der Waals surface area contributed by atoms with Crippen LogP contribution in [0.1, 0.15) is 18.1 Å². The van der Waals surface area contributed by atoms with Gasteiger partial charge in [-0.05, 0) is 19.1 Å². The number of pyridine rings is 1. The molecule has 148 valence electrons. The highest BCUT2D eigenvalue weighted by Gasteiger charge is 2.25. The van der Waals surface area contributed by atoms with Crippen LogP contribution in [0.5, 0.6) is 0 Å². The summed E-state index contributed by atoms with van der Waals surface area (Å²) in [6.07, 6.45) is 1.55. The van der Waals surface area contributed by atoms with Crippen LogP contribution in [0.15, 0.2) is 41.7 Å². The van der Waals surface area contributed by atoms with Crippen molar-refractivity contribution < 1.29 is 8.78 Å². The zero-order valence-corrected chi connectivity index (χ0v) is 16.0. The first-order chi connectivity index (χ1) is 14.0. The minimum Gasteiger partial charge on any atom is -0.354 e. The molecule has 0 saturated carbocycles. The molecule has 3 heterocycles. The highest BCUT2D eigenvalue weighted by molar-refractivity contribution is 6.05. The number of aromatic nitrogens is 1. The van der Waals surface area contributed by atoms with Gasteiger partial charge in [-0.25, -0.2) is 18.8 Å². The Morgan fingerprint density at radius 3 is 2.66 bits per heavy atom. The first kappa shape index (κ1) is 19.0. The van der Waals surface area contributed by atoms with Crippen LogP contribution in [0.2, 0.25) is 0 Å². The minimum absolute atomic E-state index is 0.0313. The highest BCUT2D eigenvalue weighted by atomic mass is 19.1. The molecule has 0 amide bonds. The van der Waals surface area contributed by atoms with Gasteiger partial charge in [0.1, 0.15) is 23.4 Å². The molecular formula is C21H20F2N6. The van der Waals surface area contributed by atoms with Gasteiger partial charge in [0.05, 0.1) is 22.7 Å². The lowest BCUT2D eigenvalue weighted by Gasteiger charge is -2.35. The number of hydrogen-bond acceptors (Lipinski definition) is 6.